The van der Waals surface area contributed by atoms with Crippen LogP contribution in [0.1, 0.15) is 258 Å². The summed E-state index contributed by atoms with van der Waals surface area (Å²) in [6.45, 7) is 6.52. The number of hydrogen-bond acceptors (Lipinski definition) is 6. The van der Waals surface area contributed by atoms with E-state index >= 15 is 0 Å². The molecule has 0 spiro atoms. The van der Waals surface area contributed by atoms with E-state index in [0.29, 0.717) is 19.3 Å². The Labute approximate surface area is 383 Å². The van der Waals surface area contributed by atoms with Gasteiger partial charge in [0.15, 0.2) is 6.10 Å². The fraction of sp³-hybridized carbons (Fsp3) is 0.768. The van der Waals surface area contributed by atoms with Crippen molar-refractivity contribution in [3.05, 3.63) is 60.8 Å². The topological polar surface area (TPSA) is 78.9 Å². The molecule has 0 aromatic heterocycles. The highest BCUT2D eigenvalue weighted by molar-refractivity contribution is 5.71. The molecular weight excluding hydrogens is 769 g/mol. The predicted molar refractivity (Wildman–Crippen MR) is 265 cm³/mol. The molecule has 0 rings (SSSR count). The fourth-order valence-corrected chi connectivity index (χ4v) is 7.26. The Kier molecular flexibility index (Phi) is 48.4. The number of allylic oxidation sites excluding steroid dienone is 10. The molecule has 0 aromatic rings. The summed E-state index contributed by atoms with van der Waals surface area (Å²) in [5.74, 6) is -0.975. The molecule has 6 nitrogen and oxygen atoms in total. The lowest BCUT2D eigenvalue weighted by Crippen LogP contribution is -2.30. The number of hydrogen-bond donors (Lipinski definition) is 0. The van der Waals surface area contributed by atoms with Gasteiger partial charge in [0.1, 0.15) is 13.2 Å². The van der Waals surface area contributed by atoms with E-state index in [1.165, 1.54) is 141 Å². The van der Waals surface area contributed by atoms with E-state index < -0.39 is 6.10 Å². The van der Waals surface area contributed by atoms with E-state index in [1.807, 2.05) is 0 Å². The predicted octanol–water partition coefficient (Wildman–Crippen LogP) is 17.3. The van der Waals surface area contributed by atoms with Crippen molar-refractivity contribution in [1.29, 1.82) is 0 Å². The van der Waals surface area contributed by atoms with Crippen LogP contribution in [0.25, 0.3) is 0 Å². The summed E-state index contributed by atoms with van der Waals surface area (Å²) >= 11 is 0. The first-order chi connectivity index (χ1) is 30.5. The van der Waals surface area contributed by atoms with Gasteiger partial charge in [-0.1, -0.05) is 229 Å². The Morgan fingerprint density at radius 3 is 1.13 bits per heavy atom. The third-order valence-electron chi connectivity index (χ3n) is 11.3. The van der Waals surface area contributed by atoms with Crippen molar-refractivity contribution < 1.29 is 28.6 Å². The number of esters is 3. The number of ether oxygens (including phenoxy) is 3. The molecule has 0 bridgehead atoms. The van der Waals surface area contributed by atoms with Crippen LogP contribution in [0, 0.1) is 0 Å². The molecule has 0 radical (unpaired) electrons. The first-order valence-electron chi connectivity index (χ1n) is 26.3. The van der Waals surface area contributed by atoms with Crippen LogP contribution in [0.4, 0.5) is 0 Å². The molecule has 1 unspecified atom stereocenters. The molecule has 0 aliphatic rings. The van der Waals surface area contributed by atoms with E-state index in [0.717, 1.165) is 70.6 Å². The van der Waals surface area contributed by atoms with E-state index in [2.05, 4.69) is 81.5 Å². The third kappa shape index (κ3) is 48.1. The Morgan fingerprint density at radius 1 is 0.339 bits per heavy atom. The van der Waals surface area contributed by atoms with Crippen LogP contribution in [0.5, 0.6) is 0 Å². The van der Waals surface area contributed by atoms with E-state index in [9.17, 15) is 14.4 Å². The van der Waals surface area contributed by atoms with Crippen molar-refractivity contribution in [2.45, 2.75) is 264 Å². The molecule has 1 atom stereocenters. The molecule has 62 heavy (non-hydrogen) atoms. The molecule has 358 valence electrons. The van der Waals surface area contributed by atoms with Gasteiger partial charge in [0.25, 0.3) is 0 Å². The molecule has 0 fully saturated rings. The highest BCUT2D eigenvalue weighted by Crippen LogP contribution is 2.15. The minimum Gasteiger partial charge on any atom is -0.462 e. The van der Waals surface area contributed by atoms with Gasteiger partial charge in [-0.25, -0.2) is 0 Å². The van der Waals surface area contributed by atoms with Gasteiger partial charge in [-0.05, 0) is 70.6 Å². The van der Waals surface area contributed by atoms with Gasteiger partial charge in [-0.3, -0.25) is 14.4 Å². The van der Waals surface area contributed by atoms with Crippen LogP contribution < -0.4 is 0 Å². The van der Waals surface area contributed by atoms with Crippen molar-refractivity contribution in [1.82, 2.24) is 0 Å². The smallest absolute Gasteiger partial charge is 0.306 e. The first kappa shape index (κ1) is 59.1. The molecule has 0 heterocycles. The van der Waals surface area contributed by atoms with E-state index in [4.69, 9.17) is 14.2 Å². The molecule has 0 aliphatic heterocycles. The Morgan fingerprint density at radius 2 is 0.661 bits per heavy atom. The fourth-order valence-electron chi connectivity index (χ4n) is 7.26. The van der Waals surface area contributed by atoms with Crippen molar-refractivity contribution >= 4 is 17.9 Å². The molecule has 0 N–H and O–H groups in total. The summed E-state index contributed by atoms with van der Waals surface area (Å²) in [6, 6.07) is 0. The number of unbranched alkanes of at least 4 members (excludes halogenated alkanes) is 27. The van der Waals surface area contributed by atoms with Crippen molar-refractivity contribution in [3.8, 4) is 0 Å². The zero-order valence-corrected chi connectivity index (χ0v) is 40.9. The molecule has 0 amide bonds. The second-order valence-corrected chi connectivity index (χ2v) is 17.5. The summed E-state index contributed by atoms with van der Waals surface area (Å²) in [5, 5.41) is 0. The van der Waals surface area contributed by atoms with E-state index in [-0.39, 0.29) is 37.5 Å². The molecular formula is C56H98O6. The molecule has 0 aromatic carbocycles. The van der Waals surface area contributed by atoms with Gasteiger partial charge in [0.05, 0.1) is 0 Å². The minimum atomic E-state index is -0.802. The van der Waals surface area contributed by atoms with Gasteiger partial charge < -0.3 is 14.2 Å². The maximum Gasteiger partial charge on any atom is 0.306 e. The van der Waals surface area contributed by atoms with Crippen LogP contribution >= 0.6 is 0 Å². The second-order valence-electron chi connectivity index (χ2n) is 17.5. The first-order valence-corrected chi connectivity index (χ1v) is 26.3. The monoisotopic (exact) mass is 867 g/mol. The van der Waals surface area contributed by atoms with Crippen LogP contribution in [0.3, 0.4) is 0 Å². The van der Waals surface area contributed by atoms with Crippen LogP contribution in [0.2, 0.25) is 0 Å². The SMILES string of the molecule is CCCC/C=C\C=C/CCCCCC(=O)OCC(COC(=O)CCC/C=C\C/C=C\C/C=C\CCCCCCCC)OC(=O)CCCCCCCCCCCCCCCCCC. The Bertz CT molecular complexity index is 1130. The number of carbonyl (C=O) groups excluding carboxylic acids is 3. The lowest BCUT2D eigenvalue weighted by Gasteiger charge is -2.18. The van der Waals surface area contributed by atoms with Gasteiger partial charge in [-0.15, -0.1) is 0 Å². The Hall–Kier alpha value is -2.89. The molecule has 6 heteroatoms. The third-order valence-corrected chi connectivity index (χ3v) is 11.3. The normalized spacial score (nSPS) is 12.5. The molecule has 0 saturated carbocycles. The summed E-state index contributed by atoms with van der Waals surface area (Å²) in [6.07, 6.45) is 62.1. The summed E-state index contributed by atoms with van der Waals surface area (Å²) in [7, 11) is 0. The lowest BCUT2D eigenvalue weighted by atomic mass is 10.0. The quantitative estimate of drug-likeness (QED) is 0.0199. The largest absolute Gasteiger partial charge is 0.462 e. The average molecular weight is 867 g/mol. The highest BCUT2D eigenvalue weighted by atomic mass is 16.6. The number of rotatable bonds is 47. The van der Waals surface area contributed by atoms with Gasteiger partial charge in [0, 0.05) is 19.3 Å². The van der Waals surface area contributed by atoms with E-state index in [1.54, 1.807) is 0 Å². The lowest BCUT2D eigenvalue weighted by molar-refractivity contribution is -0.167. The zero-order chi connectivity index (χ0) is 45.1. The van der Waals surface area contributed by atoms with Crippen molar-refractivity contribution in [2.24, 2.45) is 0 Å². The highest BCUT2D eigenvalue weighted by Gasteiger charge is 2.19. The van der Waals surface area contributed by atoms with Crippen LogP contribution in [-0.2, 0) is 28.6 Å². The van der Waals surface area contributed by atoms with Gasteiger partial charge in [0.2, 0.25) is 0 Å². The van der Waals surface area contributed by atoms with Gasteiger partial charge in [-0.2, -0.15) is 0 Å². The standard InChI is InChI=1S/C56H98O6/c1-4-7-10-13-16-19-22-24-26-28-30-31-34-37-40-43-46-49-55(58)61-52-53(51-60-54(57)48-45-42-39-36-33-21-18-15-12-9-6-3)62-56(59)50-47-44-41-38-35-32-29-27-25-23-20-17-14-11-8-5-2/h15,18,21,24,26,30-31,33,37,40,53H,4-14,16-17,19-20,22-23,25,27-29,32,34-36,38-39,41-52H2,1-3H3/b18-15-,26-24-,31-30-,33-21-,40-37-. The summed E-state index contributed by atoms with van der Waals surface area (Å²) < 4.78 is 16.7. The average Bonchev–Trinajstić information content (AvgIpc) is 3.27. The van der Waals surface area contributed by atoms with Crippen molar-refractivity contribution in [2.75, 3.05) is 13.2 Å². The Balaban J connectivity index is 4.44. The second kappa shape index (κ2) is 50.8. The van der Waals surface area contributed by atoms with Crippen LogP contribution in [-0.4, -0.2) is 37.2 Å². The van der Waals surface area contributed by atoms with Gasteiger partial charge >= 0.3 is 17.9 Å². The van der Waals surface area contributed by atoms with Crippen molar-refractivity contribution in [3.63, 3.8) is 0 Å². The van der Waals surface area contributed by atoms with Crippen LogP contribution in [0.15, 0.2) is 60.8 Å². The molecule has 0 aliphatic carbocycles. The minimum absolute atomic E-state index is 0.102. The summed E-state index contributed by atoms with van der Waals surface area (Å²) in [4.78, 5) is 37.9. The number of carbonyl (C=O) groups is 3. The zero-order valence-electron chi connectivity index (χ0n) is 40.9. The maximum atomic E-state index is 12.8. The molecule has 0 saturated heterocycles. The maximum absolute atomic E-state index is 12.8. The summed E-state index contributed by atoms with van der Waals surface area (Å²) in [5.41, 5.74) is 0.